The molecule has 1 aromatic heterocycles. The molecule has 1 N–H and O–H groups in total. The summed E-state index contributed by atoms with van der Waals surface area (Å²) in [6, 6.07) is 26.4. The van der Waals surface area contributed by atoms with Crippen molar-refractivity contribution >= 4 is 35.1 Å². The summed E-state index contributed by atoms with van der Waals surface area (Å²) < 4.78 is 1.86. The van der Waals surface area contributed by atoms with Crippen LogP contribution in [0.15, 0.2) is 78.9 Å². The smallest absolute Gasteiger partial charge is 0.235 e. The number of thioether (sulfide) groups is 1. The van der Waals surface area contributed by atoms with Crippen molar-refractivity contribution in [1.82, 2.24) is 9.78 Å². The highest BCUT2D eigenvalue weighted by molar-refractivity contribution is 8.00. The fraction of sp³-hybridized carbons (Fsp3) is 0.214. The lowest BCUT2D eigenvalue weighted by Crippen LogP contribution is -2.15. The third-order valence-electron chi connectivity index (χ3n) is 6.02. The van der Waals surface area contributed by atoms with Crippen LogP contribution in [-0.4, -0.2) is 21.4 Å². The summed E-state index contributed by atoms with van der Waals surface area (Å²) in [5, 5.41) is 8.82. The number of anilines is 1. The number of halogens is 1. The fourth-order valence-electron chi connectivity index (χ4n) is 4.21. The highest BCUT2D eigenvalue weighted by atomic mass is 35.5. The third-order valence-corrected chi connectivity index (χ3v) is 7.54. The molecule has 5 rings (SSSR count). The number of hydrogen-bond donors (Lipinski definition) is 1. The molecule has 1 unspecified atom stereocenters. The molecule has 4 nitrogen and oxygen atoms in total. The zero-order valence-corrected chi connectivity index (χ0v) is 21.0. The van der Waals surface area contributed by atoms with Gasteiger partial charge in [-0.2, -0.15) is 5.10 Å². The molecule has 0 aliphatic carbocycles. The molecule has 0 saturated carbocycles. The Bertz CT molecular complexity index is 1320. The minimum Gasteiger partial charge on any atom is -0.310 e. The zero-order chi connectivity index (χ0) is 23.9. The molecule has 0 saturated heterocycles. The zero-order valence-electron chi connectivity index (χ0n) is 19.4. The van der Waals surface area contributed by atoms with Crippen LogP contribution in [0.4, 0.5) is 5.82 Å². The number of benzene rings is 3. The van der Waals surface area contributed by atoms with Gasteiger partial charge in [-0.1, -0.05) is 87.0 Å². The highest BCUT2D eigenvalue weighted by Crippen LogP contribution is 2.47. The lowest BCUT2D eigenvalue weighted by Gasteiger charge is -2.19. The summed E-state index contributed by atoms with van der Waals surface area (Å²) in [6.07, 6.45) is 0. The Balaban J connectivity index is 1.74. The van der Waals surface area contributed by atoms with Gasteiger partial charge in [0.1, 0.15) is 5.82 Å². The molecule has 4 aromatic rings. The van der Waals surface area contributed by atoms with Gasteiger partial charge in [-0.25, -0.2) is 4.68 Å². The second-order valence-electron chi connectivity index (χ2n) is 9.48. The Morgan fingerprint density at radius 3 is 2.29 bits per heavy atom. The molecule has 1 amide bonds. The summed E-state index contributed by atoms with van der Waals surface area (Å²) in [7, 11) is 0. The van der Waals surface area contributed by atoms with E-state index in [4.69, 9.17) is 16.7 Å². The van der Waals surface area contributed by atoms with Crippen LogP contribution in [0, 0.1) is 0 Å². The molecule has 2 heterocycles. The van der Waals surface area contributed by atoms with Gasteiger partial charge in [-0.15, -0.1) is 11.8 Å². The molecular weight excluding hydrogens is 462 g/mol. The molecule has 0 fully saturated rings. The number of carbonyl (C=O) groups is 1. The van der Waals surface area contributed by atoms with E-state index >= 15 is 0 Å². The predicted molar refractivity (Wildman–Crippen MR) is 142 cm³/mol. The molecule has 1 atom stereocenters. The molecule has 0 radical (unpaired) electrons. The lowest BCUT2D eigenvalue weighted by molar-refractivity contribution is -0.113. The number of nitrogens with one attached hydrogen (secondary N) is 1. The van der Waals surface area contributed by atoms with Gasteiger partial charge < -0.3 is 5.32 Å². The van der Waals surface area contributed by atoms with E-state index in [2.05, 4.69) is 50.4 Å². The van der Waals surface area contributed by atoms with Crippen LogP contribution >= 0.6 is 23.4 Å². The van der Waals surface area contributed by atoms with E-state index in [9.17, 15) is 4.79 Å². The average Bonchev–Trinajstić information content (AvgIpc) is 3.10. The monoisotopic (exact) mass is 487 g/mol. The summed E-state index contributed by atoms with van der Waals surface area (Å²) >= 11 is 7.79. The van der Waals surface area contributed by atoms with Crippen LogP contribution in [0.25, 0.3) is 16.9 Å². The summed E-state index contributed by atoms with van der Waals surface area (Å²) in [5.74, 6) is 1.05. The van der Waals surface area contributed by atoms with Gasteiger partial charge in [0.15, 0.2) is 0 Å². The van der Waals surface area contributed by atoms with E-state index in [0.717, 1.165) is 33.9 Å². The molecule has 6 heteroatoms. The Kier molecular flexibility index (Phi) is 6.00. The van der Waals surface area contributed by atoms with E-state index in [0.29, 0.717) is 10.8 Å². The first-order valence-corrected chi connectivity index (χ1v) is 12.7. The second kappa shape index (κ2) is 8.97. The minimum atomic E-state index is -0.0685. The Morgan fingerprint density at radius 1 is 0.971 bits per heavy atom. The minimum absolute atomic E-state index is 0.0329. The van der Waals surface area contributed by atoms with Gasteiger partial charge in [0.05, 0.1) is 22.4 Å². The molecular formula is C28H26ClN3OS. The van der Waals surface area contributed by atoms with Gasteiger partial charge >= 0.3 is 0 Å². The summed E-state index contributed by atoms with van der Waals surface area (Å²) in [6.45, 7) is 6.63. The maximum Gasteiger partial charge on any atom is 0.235 e. The normalized spacial score (nSPS) is 16.0. The average molecular weight is 488 g/mol. The number of hydrogen-bond acceptors (Lipinski definition) is 3. The van der Waals surface area contributed by atoms with E-state index < -0.39 is 0 Å². The van der Waals surface area contributed by atoms with Crippen molar-refractivity contribution in [3.8, 4) is 16.9 Å². The largest absolute Gasteiger partial charge is 0.310 e. The van der Waals surface area contributed by atoms with Crippen molar-refractivity contribution in [2.45, 2.75) is 31.4 Å². The van der Waals surface area contributed by atoms with Crippen LogP contribution in [0.3, 0.4) is 0 Å². The number of amides is 1. The summed E-state index contributed by atoms with van der Waals surface area (Å²) in [4.78, 5) is 12.8. The van der Waals surface area contributed by atoms with Gasteiger partial charge in [0.2, 0.25) is 5.91 Å². The van der Waals surface area contributed by atoms with Crippen molar-refractivity contribution in [3.63, 3.8) is 0 Å². The van der Waals surface area contributed by atoms with Crippen molar-refractivity contribution in [3.05, 3.63) is 101 Å². The maximum atomic E-state index is 12.8. The first-order valence-electron chi connectivity index (χ1n) is 11.3. The van der Waals surface area contributed by atoms with E-state index in [-0.39, 0.29) is 16.6 Å². The van der Waals surface area contributed by atoms with Crippen LogP contribution < -0.4 is 5.32 Å². The Labute approximate surface area is 209 Å². The number of rotatable bonds is 3. The topological polar surface area (TPSA) is 46.9 Å². The molecule has 172 valence electrons. The second-order valence-corrected chi connectivity index (χ2v) is 11.0. The fourth-order valence-corrected chi connectivity index (χ4v) is 5.46. The number of carbonyl (C=O) groups excluding carboxylic acids is 1. The quantitative estimate of drug-likeness (QED) is 0.330. The Hall–Kier alpha value is -3.02. The molecule has 1 aliphatic rings. The van der Waals surface area contributed by atoms with Crippen LogP contribution in [0.2, 0.25) is 5.02 Å². The molecule has 34 heavy (non-hydrogen) atoms. The number of para-hydroxylation sites is 1. The number of fused-ring (bicyclic) bond motifs is 1. The predicted octanol–water partition coefficient (Wildman–Crippen LogP) is 7.26. The van der Waals surface area contributed by atoms with E-state index in [1.807, 2.05) is 59.3 Å². The lowest BCUT2D eigenvalue weighted by atomic mass is 9.86. The summed E-state index contributed by atoms with van der Waals surface area (Å²) in [5.41, 5.74) is 6.22. The van der Waals surface area contributed by atoms with Gasteiger partial charge in [0, 0.05) is 16.1 Å². The number of aromatic nitrogens is 2. The highest BCUT2D eigenvalue weighted by Gasteiger charge is 2.32. The van der Waals surface area contributed by atoms with Crippen molar-refractivity contribution in [1.29, 1.82) is 0 Å². The molecule has 0 spiro atoms. The van der Waals surface area contributed by atoms with E-state index in [1.165, 1.54) is 5.56 Å². The van der Waals surface area contributed by atoms with E-state index in [1.54, 1.807) is 11.8 Å². The van der Waals surface area contributed by atoms with Crippen molar-refractivity contribution in [2.75, 3.05) is 11.1 Å². The standard InChI is InChI=1S/C28H26ClN3OS/c1-28(2,3)20-13-9-18(10-14-20)25-24-26(19-11-15-21(29)16-12-19)34-17-23(33)30-27(24)32(31-25)22-7-5-4-6-8-22/h4-16,26H,17H2,1-3H3,(H,30,33). The maximum absolute atomic E-state index is 12.8. The van der Waals surface area contributed by atoms with Gasteiger partial charge in [0.25, 0.3) is 0 Å². The first-order chi connectivity index (χ1) is 16.3. The third kappa shape index (κ3) is 4.38. The van der Waals surface area contributed by atoms with Gasteiger partial charge in [-0.3, -0.25) is 4.79 Å². The molecule has 1 aliphatic heterocycles. The van der Waals surface area contributed by atoms with Crippen molar-refractivity contribution in [2.24, 2.45) is 0 Å². The molecule has 0 bridgehead atoms. The van der Waals surface area contributed by atoms with Crippen molar-refractivity contribution < 1.29 is 4.79 Å². The SMILES string of the molecule is CC(C)(C)c1ccc(-c2nn(-c3ccccc3)c3c2C(c2ccc(Cl)cc2)SCC(=O)N3)cc1. The van der Waals surface area contributed by atoms with Crippen LogP contribution in [-0.2, 0) is 10.2 Å². The first kappa shape index (κ1) is 22.8. The van der Waals surface area contributed by atoms with Crippen LogP contribution in [0.1, 0.15) is 42.7 Å². The Morgan fingerprint density at radius 2 is 1.65 bits per heavy atom. The van der Waals surface area contributed by atoms with Crippen LogP contribution in [0.5, 0.6) is 0 Å². The number of nitrogens with zero attached hydrogens (tertiary/aromatic N) is 2. The van der Waals surface area contributed by atoms with Gasteiger partial charge in [-0.05, 0) is 40.8 Å². The molecule has 3 aromatic carbocycles.